The van der Waals surface area contributed by atoms with Gasteiger partial charge in [0.05, 0.1) is 5.69 Å². The second-order valence-electron chi connectivity index (χ2n) is 3.55. The largest absolute Gasteiger partial charge is 0.479 e. The van der Waals surface area contributed by atoms with Gasteiger partial charge in [-0.05, 0) is 18.1 Å². The van der Waals surface area contributed by atoms with Crippen molar-refractivity contribution in [3.8, 4) is 5.75 Å². The molecule has 0 atom stereocenters. The zero-order valence-electron chi connectivity index (χ0n) is 8.69. The molecule has 0 radical (unpaired) electrons. The van der Waals surface area contributed by atoms with Gasteiger partial charge in [-0.3, -0.25) is 10.5 Å². The smallest absolute Gasteiger partial charge is 0.227 e. The zero-order valence-corrected chi connectivity index (χ0v) is 8.69. The summed E-state index contributed by atoms with van der Waals surface area (Å²) in [6.07, 6.45) is 1.39. The minimum atomic E-state index is 0.146. The van der Waals surface area contributed by atoms with Gasteiger partial charge in [-0.1, -0.05) is 6.07 Å². The van der Waals surface area contributed by atoms with Crippen LogP contribution in [0.2, 0.25) is 0 Å². The number of rotatable bonds is 2. The van der Waals surface area contributed by atoms with E-state index in [1.54, 1.807) is 11.9 Å². The number of carbonyl (C=O) groups excluding carboxylic acids is 1. The summed E-state index contributed by atoms with van der Waals surface area (Å²) in [7, 11) is 1.78. The maximum atomic E-state index is 11.5. The Bertz CT molecular complexity index is 390. The van der Waals surface area contributed by atoms with E-state index in [0.717, 1.165) is 12.1 Å². The van der Waals surface area contributed by atoms with Crippen LogP contribution >= 0.6 is 0 Å². The van der Waals surface area contributed by atoms with Crippen molar-refractivity contribution in [3.05, 3.63) is 23.8 Å². The van der Waals surface area contributed by atoms with E-state index in [0.29, 0.717) is 12.2 Å². The van der Waals surface area contributed by atoms with Crippen LogP contribution in [0.4, 0.5) is 5.69 Å². The third-order valence-corrected chi connectivity index (χ3v) is 2.65. The summed E-state index contributed by atoms with van der Waals surface area (Å²) in [5.41, 5.74) is 7.41. The van der Waals surface area contributed by atoms with Gasteiger partial charge in [-0.2, -0.15) is 0 Å². The van der Waals surface area contributed by atoms with Gasteiger partial charge in [0.1, 0.15) is 12.5 Å². The highest BCUT2D eigenvalue weighted by Gasteiger charge is 2.20. The quantitative estimate of drug-likeness (QED) is 0.731. The summed E-state index contributed by atoms with van der Waals surface area (Å²) < 4.78 is 5.20. The molecule has 15 heavy (non-hydrogen) atoms. The second kappa shape index (κ2) is 3.90. The van der Waals surface area contributed by atoms with E-state index in [-0.39, 0.29) is 12.6 Å². The Labute approximate surface area is 88.6 Å². The molecule has 1 aromatic carbocycles. The first-order chi connectivity index (χ1) is 7.22. The number of hydrogen-bond acceptors (Lipinski definition) is 3. The Morgan fingerprint density at radius 2 is 2.27 bits per heavy atom. The molecule has 4 heteroatoms. The Morgan fingerprint density at radius 3 is 3.00 bits per heavy atom. The molecule has 0 aliphatic carbocycles. The van der Waals surface area contributed by atoms with Gasteiger partial charge in [0.25, 0.3) is 0 Å². The van der Waals surface area contributed by atoms with Crippen LogP contribution in [0.1, 0.15) is 12.0 Å². The monoisotopic (exact) mass is 206 g/mol. The van der Waals surface area contributed by atoms with Crippen molar-refractivity contribution in [2.75, 3.05) is 18.7 Å². The predicted octanol–water partition coefficient (Wildman–Crippen LogP) is 0.891. The molecule has 80 valence electrons. The number of hydrogen-bond donors (Lipinski definition) is 1. The highest BCUT2D eigenvalue weighted by atomic mass is 16.5. The van der Waals surface area contributed by atoms with Crippen molar-refractivity contribution in [1.29, 1.82) is 0 Å². The maximum Gasteiger partial charge on any atom is 0.227 e. The minimum absolute atomic E-state index is 0.146. The summed E-state index contributed by atoms with van der Waals surface area (Å²) in [5.74, 6) is 0.852. The normalized spacial score (nSPS) is 15.1. The van der Waals surface area contributed by atoms with Crippen LogP contribution in [0.3, 0.4) is 0 Å². The number of anilines is 1. The van der Waals surface area contributed by atoms with Crippen molar-refractivity contribution in [2.45, 2.75) is 12.8 Å². The summed E-state index contributed by atoms with van der Waals surface area (Å²) in [6.45, 7) is 0.149. The topological polar surface area (TPSA) is 55.6 Å². The number of aryl methyl sites for hydroxylation is 1. The van der Waals surface area contributed by atoms with E-state index in [9.17, 15) is 4.79 Å². The van der Waals surface area contributed by atoms with E-state index < -0.39 is 0 Å². The van der Waals surface area contributed by atoms with Gasteiger partial charge < -0.3 is 9.64 Å². The second-order valence-corrected chi connectivity index (χ2v) is 3.55. The van der Waals surface area contributed by atoms with E-state index in [4.69, 9.17) is 10.5 Å². The molecule has 2 N–H and O–H groups in total. The van der Waals surface area contributed by atoms with Crippen LogP contribution in [0.25, 0.3) is 0 Å². The lowest BCUT2D eigenvalue weighted by molar-refractivity contribution is -0.118. The van der Waals surface area contributed by atoms with Crippen LogP contribution in [-0.4, -0.2) is 19.7 Å². The Balaban J connectivity index is 2.36. The highest BCUT2D eigenvalue weighted by molar-refractivity contribution is 5.96. The highest BCUT2D eigenvalue weighted by Crippen LogP contribution is 2.30. The van der Waals surface area contributed by atoms with E-state index >= 15 is 0 Å². The summed E-state index contributed by atoms with van der Waals surface area (Å²) in [5, 5.41) is 0. The fraction of sp³-hybridized carbons (Fsp3) is 0.364. The fourth-order valence-electron chi connectivity index (χ4n) is 1.80. The first-order valence-corrected chi connectivity index (χ1v) is 4.94. The molecular weight excluding hydrogens is 192 g/mol. The molecule has 0 fully saturated rings. The number of carbonyl (C=O) groups is 1. The first-order valence-electron chi connectivity index (χ1n) is 4.94. The van der Waals surface area contributed by atoms with Crippen molar-refractivity contribution in [3.63, 3.8) is 0 Å². The van der Waals surface area contributed by atoms with E-state index in [2.05, 4.69) is 0 Å². The van der Waals surface area contributed by atoms with Gasteiger partial charge in [0.15, 0.2) is 0 Å². The lowest BCUT2D eigenvalue weighted by Crippen LogP contribution is -2.31. The summed E-state index contributed by atoms with van der Waals surface area (Å²) in [6, 6.07) is 5.73. The van der Waals surface area contributed by atoms with Crippen LogP contribution in [0, 0.1) is 0 Å². The maximum absolute atomic E-state index is 11.5. The minimum Gasteiger partial charge on any atom is -0.479 e. The van der Waals surface area contributed by atoms with Crippen LogP contribution in [0.5, 0.6) is 5.75 Å². The summed E-state index contributed by atoms with van der Waals surface area (Å²) in [4.78, 5) is 13.2. The number of nitrogens with zero attached hydrogens (tertiary/aromatic N) is 1. The average Bonchev–Trinajstić information content (AvgIpc) is 2.25. The molecule has 4 nitrogen and oxygen atoms in total. The molecule has 1 amide bonds. The molecule has 1 aliphatic rings. The average molecular weight is 206 g/mol. The van der Waals surface area contributed by atoms with Crippen LogP contribution in [-0.2, 0) is 11.2 Å². The van der Waals surface area contributed by atoms with Crippen LogP contribution < -0.4 is 15.4 Å². The van der Waals surface area contributed by atoms with Gasteiger partial charge in [-0.15, -0.1) is 0 Å². The molecule has 0 unspecified atom stereocenters. The number of ether oxygens (including phenoxy) is 1. The molecule has 0 saturated carbocycles. The van der Waals surface area contributed by atoms with Crippen molar-refractivity contribution < 1.29 is 9.53 Å². The molecule has 1 heterocycles. The Kier molecular flexibility index (Phi) is 2.60. The van der Waals surface area contributed by atoms with Gasteiger partial charge >= 0.3 is 0 Å². The standard InChI is InChI=1S/C11H14N2O2/c1-13-10-6-9(15-7-12)4-2-8(10)3-5-11(13)14/h2,4,6H,3,5,7,12H2,1H3. The number of nitrogens with two attached hydrogens (primary N) is 1. The molecule has 0 saturated heterocycles. The van der Waals surface area contributed by atoms with E-state index in [1.165, 1.54) is 5.56 Å². The first kappa shape index (κ1) is 9.98. The Morgan fingerprint density at radius 1 is 1.47 bits per heavy atom. The number of benzene rings is 1. The number of amides is 1. The van der Waals surface area contributed by atoms with E-state index in [1.807, 2.05) is 18.2 Å². The van der Waals surface area contributed by atoms with Gasteiger partial charge in [0, 0.05) is 19.5 Å². The van der Waals surface area contributed by atoms with Crippen molar-refractivity contribution >= 4 is 11.6 Å². The molecular formula is C11H14N2O2. The lowest BCUT2D eigenvalue weighted by atomic mass is 10.0. The SMILES string of the molecule is CN1C(=O)CCc2ccc(OCN)cc21. The molecule has 0 aromatic heterocycles. The molecule has 2 rings (SSSR count). The fourth-order valence-corrected chi connectivity index (χ4v) is 1.80. The molecule has 0 bridgehead atoms. The Hall–Kier alpha value is -1.55. The molecule has 1 aromatic rings. The third-order valence-electron chi connectivity index (χ3n) is 2.65. The molecule has 0 spiro atoms. The van der Waals surface area contributed by atoms with Crippen molar-refractivity contribution in [2.24, 2.45) is 5.73 Å². The van der Waals surface area contributed by atoms with Crippen molar-refractivity contribution in [1.82, 2.24) is 0 Å². The predicted molar refractivity (Wildman–Crippen MR) is 57.9 cm³/mol. The van der Waals surface area contributed by atoms with Crippen LogP contribution in [0.15, 0.2) is 18.2 Å². The third kappa shape index (κ3) is 1.80. The lowest BCUT2D eigenvalue weighted by Gasteiger charge is -2.26. The zero-order chi connectivity index (χ0) is 10.8. The van der Waals surface area contributed by atoms with Gasteiger partial charge in [-0.25, -0.2) is 0 Å². The molecule has 1 aliphatic heterocycles. The summed E-state index contributed by atoms with van der Waals surface area (Å²) >= 11 is 0. The van der Waals surface area contributed by atoms with Gasteiger partial charge in [0.2, 0.25) is 5.91 Å². The number of fused-ring (bicyclic) bond motifs is 1.